The van der Waals surface area contributed by atoms with E-state index in [0.717, 1.165) is 11.0 Å². The SMILES string of the molecule is COc1cc(/C=C2\SC(=O)N(CC(=O)Nc3ccccc3)C2=O)ccc1Oc1ccc(C(F)(F)F)cc1[N+](=O)[O-]. The van der Waals surface area contributed by atoms with Crippen LogP contribution in [0.3, 0.4) is 0 Å². The quantitative estimate of drug-likeness (QED) is 0.195. The zero-order valence-electron chi connectivity index (χ0n) is 20.4. The number of nitrogens with zero attached hydrogens (tertiary/aromatic N) is 2. The van der Waals surface area contributed by atoms with Gasteiger partial charge in [-0.25, -0.2) is 0 Å². The molecule has 0 saturated carbocycles. The van der Waals surface area contributed by atoms with Gasteiger partial charge in [0.1, 0.15) is 6.54 Å². The van der Waals surface area contributed by atoms with Crippen molar-refractivity contribution in [3.05, 3.63) is 92.9 Å². The lowest BCUT2D eigenvalue weighted by Gasteiger charge is -2.13. The van der Waals surface area contributed by atoms with Gasteiger partial charge in [-0.05, 0) is 59.8 Å². The monoisotopic (exact) mass is 573 g/mol. The third-order valence-electron chi connectivity index (χ3n) is 5.42. The molecule has 0 aromatic heterocycles. The van der Waals surface area contributed by atoms with Crippen molar-refractivity contribution < 1.29 is 42.0 Å². The molecule has 3 aromatic rings. The molecule has 1 aliphatic rings. The number of methoxy groups -OCH3 is 1. The Morgan fingerprint density at radius 2 is 1.75 bits per heavy atom. The molecule has 3 aromatic carbocycles. The Kier molecular flexibility index (Phi) is 8.09. The van der Waals surface area contributed by atoms with Crippen LogP contribution in [0.15, 0.2) is 71.6 Å². The third kappa shape index (κ3) is 6.40. The predicted molar refractivity (Wildman–Crippen MR) is 139 cm³/mol. The number of ether oxygens (including phenoxy) is 2. The molecule has 0 spiro atoms. The van der Waals surface area contributed by atoms with E-state index in [4.69, 9.17) is 9.47 Å². The van der Waals surface area contributed by atoms with Crippen LogP contribution in [0.25, 0.3) is 6.08 Å². The number of para-hydroxylation sites is 1. The van der Waals surface area contributed by atoms with Gasteiger partial charge in [0.05, 0.1) is 22.5 Å². The van der Waals surface area contributed by atoms with Crippen molar-refractivity contribution in [3.8, 4) is 17.2 Å². The van der Waals surface area contributed by atoms with Crippen LogP contribution in [-0.4, -0.2) is 40.5 Å². The van der Waals surface area contributed by atoms with E-state index in [9.17, 15) is 37.7 Å². The van der Waals surface area contributed by atoms with Crippen molar-refractivity contribution in [2.24, 2.45) is 0 Å². The smallest absolute Gasteiger partial charge is 0.416 e. The highest BCUT2D eigenvalue weighted by Gasteiger charge is 2.36. The minimum Gasteiger partial charge on any atom is -0.493 e. The van der Waals surface area contributed by atoms with E-state index < -0.39 is 51.7 Å². The first-order valence-electron chi connectivity index (χ1n) is 11.3. The summed E-state index contributed by atoms with van der Waals surface area (Å²) in [7, 11) is 1.27. The average molecular weight is 574 g/mol. The normalized spacial score (nSPS) is 14.4. The van der Waals surface area contributed by atoms with E-state index in [2.05, 4.69) is 5.32 Å². The van der Waals surface area contributed by atoms with Crippen molar-refractivity contribution in [2.75, 3.05) is 19.0 Å². The van der Waals surface area contributed by atoms with Gasteiger partial charge in [0, 0.05) is 11.8 Å². The summed E-state index contributed by atoms with van der Waals surface area (Å²) in [6, 6.07) is 14.5. The second-order valence-electron chi connectivity index (χ2n) is 8.13. The van der Waals surface area contributed by atoms with Crippen LogP contribution in [-0.2, 0) is 15.8 Å². The molecule has 10 nitrogen and oxygen atoms in total. The Balaban J connectivity index is 1.52. The number of anilines is 1. The topological polar surface area (TPSA) is 128 Å². The molecular weight excluding hydrogens is 555 g/mol. The van der Waals surface area contributed by atoms with Gasteiger partial charge >= 0.3 is 11.9 Å². The fraction of sp³-hybridized carbons (Fsp3) is 0.115. The summed E-state index contributed by atoms with van der Waals surface area (Å²) in [5.74, 6) is -1.69. The van der Waals surface area contributed by atoms with Gasteiger partial charge in [-0.3, -0.25) is 29.4 Å². The fourth-order valence-corrected chi connectivity index (χ4v) is 4.39. The molecule has 1 heterocycles. The van der Waals surface area contributed by atoms with Crippen LogP contribution in [0.4, 0.5) is 29.3 Å². The number of carbonyl (C=O) groups excluding carboxylic acids is 3. The zero-order chi connectivity index (χ0) is 29.0. The maximum atomic E-state index is 13.0. The molecule has 1 N–H and O–H groups in total. The number of benzene rings is 3. The summed E-state index contributed by atoms with van der Waals surface area (Å²) in [5, 5.41) is 13.3. The summed E-state index contributed by atoms with van der Waals surface area (Å²) in [4.78, 5) is 48.7. The average Bonchev–Trinajstić information content (AvgIpc) is 3.16. The van der Waals surface area contributed by atoms with E-state index in [1.807, 2.05) is 0 Å². The molecule has 1 saturated heterocycles. The second-order valence-corrected chi connectivity index (χ2v) is 9.12. The maximum absolute atomic E-state index is 13.0. The van der Waals surface area contributed by atoms with Crippen LogP contribution < -0.4 is 14.8 Å². The van der Waals surface area contributed by atoms with E-state index >= 15 is 0 Å². The van der Waals surface area contributed by atoms with Gasteiger partial charge in [-0.15, -0.1) is 0 Å². The summed E-state index contributed by atoms with van der Waals surface area (Å²) in [6.07, 6.45) is -3.40. The number of hydrogen-bond donors (Lipinski definition) is 1. The van der Waals surface area contributed by atoms with E-state index in [0.29, 0.717) is 35.1 Å². The van der Waals surface area contributed by atoms with Crippen molar-refractivity contribution in [1.82, 2.24) is 4.90 Å². The number of hydrogen-bond acceptors (Lipinski definition) is 8. The zero-order valence-corrected chi connectivity index (χ0v) is 21.2. The van der Waals surface area contributed by atoms with Crippen molar-refractivity contribution in [1.29, 1.82) is 0 Å². The molecule has 3 amide bonds. The van der Waals surface area contributed by atoms with Crippen molar-refractivity contribution >= 4 is 46.3 Å². The number of thioether (sulfide) groups is 1. The van der Waals surface area contributed by atoms with Gasteiger partial charge in [0.15, 0.2) is 11.5 Å². The fourth-order valence-electron chi connectivity index (χ4n) is 3.55. The van der Waals surface area contributed by atoms with Crippen molar-refractivity contribution in [2.45, 2.75) is 6.18 Å². The lowest BCUT2D eigenvalue weighted by atomic mass is 10.1. The maximum Gasteiger partial charge on any atom is 0.416 e. The highest BCUT2D eigenvalue weighted by Crippen LogP contribution is 2.41. The molecule has 1 aliphatic heterocycles. The summed E-state index contributed by atoms with van der Waals surface area (Å²) >= 11 is 0.633. The molecular formula is C26H18F3N3O7S. The molecule has 40 heavy (non-hydrogen) atoms. The molecule has 0 bridgehead atoms. The summed E-state index contributed by atoms with van der Waals surface area (Å²) in [5.41, 5.74) is -1.22. The lowest BCUT2D eigenvalue weighted by molar-refractivity contribution is -0.385. The van der Waals surface area contributed by atoms with Crippen LogP contribution in [0.1, 0.15) is 11.1 Å². The highest BCUT2D eigenvalue weighted by atomic mass is 32.2. The number of imide groups is 1. The predicted octanol–water partition coefficient (Wildman–Crippen LogP) is 6.09. The summed E-state index contributed by atoms with van der Waals surface area (Å²) < 4.78 is 49.7. The molecule has 0 unspecified atom stereocenters. The Labute approximate surface area is 228 Å². The number of alkyl halides is 3. The van der Waals surface area contributed by atoms with Crippen molar-refractivity contribution in [3.63, 3.8) is 0 Å². The number of nitro benzene ring substituents is 1. The highest BCUT2D eigenvalue weighted by molar-refractivity contribution is 8.18. The molecule has 0 atom stereocenters. The molecule has 206 valence electrons. The Morgan fingerprint density at radius 1 is 1.05 bits per heavy atom. The summed E-state index contributed by atoms with van der Waals surface area (Å²) in [6.45, 7) is -0.487. The number of halogens is 3. The lowest BCUT2D eigenvalue weighted by Crippen LogP contribution is -2.36. The number of amides is 3. The van der Waals surface area contributed by atoms with Crippen LogP contribution in [0, 0.1) is 10.1 Å². The first-order valence-corrected chi connectivity index (χ1v) is 12.1. The van der Waals surface area contributed by atoms with E-state index in [1.54, 1.807) is 30.3 Å². The van der Waals surface area contributed by atoms with Gasteiger partial charge in [0.2, 0.25) is 11.7 Å². The molecule has 0 radical (unpaired) electrons. The van der Waals surface area contributed by atoms with Crippen LogP contribution in [0.5, 0.6) is 17.2 Å². The van der Waals surface area contributed by atoms with E-state index in [-0.39, 0.29) is 16.4 Å². The van der Waals surface area contributed by atoms with Gasteiger partial charge in [-0.2, -0.15) is 13.2 Å². The number of nitro groups is 1. The molecule has 0 aliphatic carbocycles. The third-order valence-corrected chi connectivity index (χ3v) is 6.33. The molecule has 14 heteroatoms. The second kappa shape index (κ2) is 11.5. The molecule has 1 fully saturated rings. The van der Waals surface area contributed by atoms with Crippen LogP contribution in [0.2, 0.25) is 0 Å². The minimum absolute atomic E-state index is 0.0339. The van der Waals surface area contributed by atoms with Gasteiger partial charge in [0.25, 0.3) is 11.1 Å². The number of rotatable bonds is 8. The largest absolute Gasteiger partial charge is 0.493 e. The van der Waals surface area contributed by atoms with Crippen LogP contribution >= 0.6 is 11.8 Å². The number of carbonyl (C=O) groups is 3. The Bertz CT molecular complexity index is 1530. The first kappa shape index (κ1) is 28.2. The molecule has 4 rings (SSSR count). The van der Waals surface area contributed by atoms with Gasteiger partial charge in [-0.1, -0.05) is 24.3 Å². The van der Waals surface area contributed by atoms with Gasteiger partial charge < -0.3 is 14.8 Å². The standard InChI is InChI=1S/C26H18F3N3O7S/c1-38-21-11-15(7-9-20(21)39-19-10-8-16(26(27,28)29)13-18(19)32(36)37)12-22-24(34)31(25(35)40-22)14-23(33)30-17-5-3-2-4-6-17/h2-13H,14H2,1H3,(H,30,33)/b22-12-. The minimum atomic E-state index is -4.78. The number of nitrogens with one attached hydrogen (secondary N) is 1. The Hall–Kier alpha value is -4.85. The first-order chi connectivity index (χ1) is 19.0. The Morgan fingerprint density at radius 3 is 2.40 bits per heavy atom. The van der Waals surface area contributed by atoms with E-state index in [1.165, 1.54) is 31.4 Å².